The highest BCUT2D eigenvalue weighted by atomic mass is 19.1. The maximum atomic E-state index is 14.8. The highest BCUT2D eigenvalue weighted by Crippen LogP contribution is 2.33. The molecule has 7 rings (SSSR count). The maximum absolute atomic E-state index is 14.8. The van der Waals surface area contributed by atoms with Gasteiger partial charge in [-0.15, -0.1) is 0 Å². The molecule has 0 aliphatic carbocycles. The minimum Gasteiger partial charge on any atom is -0.492 e. The number of ether oxygens (including phenoxy) is 1. The van der Waals surface area contributed by atoms with Crippen molar-refractivity contribution < 1.29 is 14.2 Å². The molecule has 6 heterocycles. The molecule has 1 aliphatic rings. The zero-order chi connectivity index (χ0) is 31.8. The zero-order valence-corrected chi connectivity index (χ0v) is 26.0. The number of aromatic amines is 2. The Kier molecular flexibility index (Phi) is 7.83. The SMILES string of the molecule is CC(C)(C)C(O)Nc1cncc(-c2ccc3[nH]nc(-c4nc5c(-c6cc(F)cc(OCCN7CCCC7)c6)ccnc5[nH]4)c3n2)c1. The fraction of sp³-hybridized carbons (Fsp3) is 0.324. The number of aromatic nitrogens is 7. The molecule has 5 aromatic heterocycles. The van der Waals surface area contributed by atoms with Gasteiger partial charge in [-0.1, -0.05) is 20.8 Å². The number of pyridine rings is 3. The summed E-state index contributed by atoms with van der Waals surface area (Å²) >= 11 is 0. The maximum Gasteiger partial charge on any atom is 0.162 e. The lowest BCUT2D eigenvalue weighted by atomic mass is 9.94. The largest absolute Gasteiger partial charge is 0.492 e. The van der Waals surface area contributed by atoms with Gasteiger partial charge in [-0.3, -0.25) is 15.0 Å². The molecule has 0 radical (unpaired) electrons. The Hall–Kier alpha value is -4.94. The Balaban J connectivity index is 1.19. The number of nitrogens with zero attached hydrogens (tertiary/aromatic N) is 6. The van der Waals surface area contributed by atoms with Crippen LogP contribution < -0.4 is 10.1 Å². The van der Waals surface area contributed by atoms with Crippen molar-refractivity contribution in [1.82, 2.24) is 40.0 Å². The molecule has 4 N–H and O–H groups in total. The van der Waals surface area contributed by atoms with Gasteiger partial charge >= 0.3 is 0 Å². The third kappa shape index (κ3) is 6.13. The average molecular weight is 622 g/mol. The number of likely N-dealkylation sites (tertiary alicyclic amines) is 1. The van der Waals surface area contributed by atoms with E-state index >= 15 is 0 Å². The van der Waals surface area contributed by atoms with Crippen LogP contribution in [0.4, 0.5) is 10.1 Å². The third-order valence-electron chi connectivity index (χ3n) is 8.23. The molecule has 1 saturated heterocycles. The molecule has 0 amide bonds. The summed E-state index contributed by atoms with van der Waals surface area (Å²) in [4.78, 5) is 24.3. The van der Waals surface area contributed by atoms with Crippen LogP contribution in [0.3, 0.4) is 0 Å². The van der Waals surface area contributed by atoms with Crippen molar-refractivity contribution in [2.45, 2.75) is 39.8 Å². The summed E-state index contributed by atoms with van der Waals surface area (Å²) in [6.45, 7) is 9.35. The number of hydrogen-bond acceptors (Lipinski definition) is 9. The molecule has 46 heavy (non-hydrogen) atoms. The number of nitrogens with one attached hydrogen (secondary N) is 3. The Morgan fingerprint density at radius 1 is 1.02 bits per heavy atom. The van der Waals surface area contributed by atoms with E-state index in [4.69, 9.17) is 14.7 Å². The van der Waals surface area contributed by atoms with Gasteiger partial charge in [-0.25, -0.2) is 19.3 Å². The number of halogens is 1. The molecule has 0 saturated carbocycles. The monoisotopic (exact) mass is 621 g/mol. The van der Waals surface area contributed by atoms with Gasteiger partial charge < -0.3 is 20.1 Å². The van der Waals surface area contributed by atoms with E-state index < -0.39 is 6.23 Å². The lowest BCUT2D eigenvalue weighted by molar-refractivity contribution is 0.0880. The first-order chi connectivity index (χ1) is 22.2. The van der Waals surface area contributed by atoms with Crippen LogP contribution in [0.5, 0.6) is 5.75 Å². The molecule has 12 heteroatoms. The van der Waals surface area contributed by atoms with Crippen molar-refractivity contribution in [3.63, 3.8) is 0 Å². The second-order valence-electron chi connectivity index (χ2n) is 12.8. The van der Waals surface area contributed by atoms with Gasteiger partial charge in [0.1, 0.15) is 35.4 Å². The van der Waals surface area contributed by atoms with Crippen LogP contribution in [0.15, 0.2) is 61.1 Å². The normalized spacial score (nSPS) is 14.7. The van der Waals surface area contributed by atoms with Crippen molar-refractivity contribution >= 4 is 27.9 Å². The van der Waals surface area contributed by atoms with Crippen LogP contribution in [0.1, 0.15) is 33.6 Å². The molecule has 1 unspecified atom stereocenters. The van der Waals surface area contributed by atoms with E-state index in [2.05, 4.69) is 35.4 Å². The summed E-state index contributed by atoms with van der Waals surface area (Å²) in [6.07, 6.45) is 6.74. The van der Waals surface area contributed by atoms with Gasteiger partial charge in [0, 0.05) is 41.5 Å². The van der Waals surface area contributed by atoms with Crippen LogP contribution in [0, 0.1) is 11.2 Å². The Morgan fingerprint density at radius 3 is 2.70 bits per heavy atom. The van der Waals surface area contributed by atoms with E-state index in [1.54, 1.807) is 18.6 Å². The van der Waals surface area contributed by atoms with Gasteiger partial charge in [-0.2, -0.15) is 5.10 Å². The predicted molar refractivity (Wildman–Crippen MR) is 176 cm³/mol. The molecule has 1 fully saturated rings. The number of imidazole rings is 1. The highest BCUT2D eigenvalue weighted by molar-refractivity contribution is 5.95. The van der Waals surface area contributed by atoms with Gasteiger partial charge in [0.05, 0.1) is 23.1 Å². The molecule has 11 nitrogen and oxygen atoms in total. The topological polar surface area (TPSA) is 141 Å². The van der Waals surface area contributed by atoms with Crippen LogP contribution in [-0.2, 0) is 0 Å². The molecule has 1 aromatic carbocycles. The summed E-state index contributed by atoms with van der Waals surface area (Å²) in [5.41, 5.74) is 6.16. The van der Waals surface area contributed by atoms with Crippen molar-refractivity contribution in [2.75, 3.05) is 31.6 Å². The van der Waals surface area contributed by atoms with Crippen LogP contribution in [-0.4, -0.2) is 77.6 Å². The molecule has 0 spiro atoms. The van der Waals surface area contributed by atoms with Crippen molar-refractivity contribution in [3.8, 4) is 39.7 Å². The first-order valence-corrected chi connectivity index (χ1v) is 15.5. The summed E-state index contributed by atoms with van der Waals surface area (Å²) < 4.78 is 20.7. The number of aliphatic hydroxyl groups excluding tert-OH is 1. The lowest BCUT2D eigenvalue weighted by Crippen LogP contribution is -2.33. The number of H-pyrrole nitrogens is 2. The summed E-state index contributed by atoms with van der Waals surface area (Å²) in [7, 11) is 0. The second-order valence-corrected chi connectivity index (χ2v) is 12.8. The van der Waals surface area contributed by atoms with Crippen molar-refractivity contribution in [3.05, 3.63) is 66.9 Å². The molecule has 1 aliphatic heterocycles. The van der Waals surface area contributed by atoms with E-state index in [1.165, 1.54) is 25.0 Å². The van der Waals surface area contributed by atoms with Crippen LogP contribution >= 0.6 is 0 Å². The van der Waals surface area contributed by atoms with E-state index in [9.17, 15) is 9.50 Å². The van der Waals surface area contributed by atoms with E-state index in [1.807, 2.05) is 51.1 Å². The number of hydrogen-bond donors (Lipinski definition) is 4. The molecule has 0 bridgehead atoms. The van der Waals surface area contributed by atoms with Gasteiger partial charge in [0.15, 0.2) is 17.2 Å². The van der Waals surface area contributed by atoms with Gasteiger partial charge in [-0.05, 0) is 67.9 Å². The number of benzene rings is 1. The Labute approximate surface area is 265 Å². The lowest BCUT2D eigenvalue weighted by Gasteiger charge is -2.27. The molecular formula is C34H36FN9O2. The number of anilines is 1. The molecule has 236 valence electrons. The van der Waals surface area contributed by atoms with Crippen LogP contribution in [0.25, 0.3) is 56.1 Å². The molecular weight excluding hydrogens is 585 g/mol. The highest BCUT2D eigenvalue weighted by Gasteiger charge is 2.22. The minimum absolute atomic E-state index is 0.349. The summed E-state index contributed by atoms with van der Waals surface area (Å²) in [5.74, 6) is 0.573. The van der Waals surface area contributed by atoms with E-state index in [0.29, 0.717) is 57.5 Å². The molecule has 1 atom stereocenters. The Bertz CT molecular complexity index is 2010. The second kappa shape index (κ2) is 12.1. The predicted octanol–water partition coefficient (Wildman–Crippen LogP) is 6.02. The summed E-state index contributed by atoms with van der Waals surface area (Å²) in [5, 5.41) is 21.2. The fourth-order valence-electron chi connectivity index (χ4n) is 5.61. The van der Waals surface area contributed by atoms with E-state index in [-0.39, 0.29) is 11.2 Å². The van der Waals surface area contributed by atoms with Gasteiger partial charge in [0.2, 0.25) is 0 Å². The molecule has 6 aromatic rings. The summed E-state index contributed by atoms with van der Waals surface area (Å²) in [6, 6.07) is 12.2. The average Bonchev–Trinajstić information content (AvgIpc) is 3.80. The van der Waals surface area contributed by atoms with Crippen LogP contribution in [0.2, 0.25) is 0 Å². The number of fused-ring (bicyclic) bond motifs is 2. The standard InChI is InChI=1S/C34H36FN9O2/c1-34(2,3)33(45)38-23-15-21(18-36-19-23)26-6-7-27-29(39-26)30(43-42-27)32-40-28-25(8-9-37-31(28)41-32)20-14-22(35)17-24(16-20)46-13-12-44-10-4-5-11-44/h6-9,14-19,33,38,45H,4-5,10-13H2,1-3H3,(H,42,43)(H,37,40,41). The van der Waals surface area contributed by atoms with Crippen molar-refractivity contribution in [1.29, 1.82) is 0 Å². The third-order valence-corrected chi connectivity index (χ3v) is 8.23. The number of rotatable bonds is 9. The van der Waals surface area contributed by atoms with Gasteiger partial charge in [0.25, 0.3) is 0 Å². The minimum atomic E-state index is -0.752. The smallest absolute Gasteiger partial charge is 0.162 e. The van der Waals surface area contributed by atoms with Crippen molar-refractivity contribution in [2.24, 2.45) is 5.41 Å². The Morgan fingerprint density at radius 2 is 1.87 bits per heavy atom. The first-order valence-electron chi connectivity index (χ1n) is 15.5. The number of aliphatic hydroxyl groups is 1. The zero-order valence-electron chi connectivity index (χ0n) is 26.0. The quantitative estimate of drug-likeness (QED) is 0.143. The van der Waals surface area contributed by atoms with E-state index in [0.717, 1.165) is 36.3 Å². The first kappa shape index (κ1) is 29.8. The fourth-order valence-corrected chi connectivity index (χ4v) is 5.61.